The Hall–Kier alpha value is -1.84. The summed E-state index contributed by atoms with van der Waals surface area (Å²) in [5.74, 6) is 0.176. The first-order valence-electron chi connectivity index (χ1n) is 7.39. The number of oxime groups is 1. The van der Waals surface area contributed by atoms with Gasteiger partial charge in [0.05, 0.1) is 5.71 Å². The second kappa shape index (κ2) is 6.07. The lowest BCUT2D eigenvalue weighted by Crippen LogP contribution is -2.35. The summed E-state index contributed by atoms with van der Waals surface area (Å²) >= 11 is 0. The van der Waals surface area contributed by atoms with Crippen molar-refractivity contribution in [2.75, 3.05) is 0 Å². The van der Waals surface area contributed by atoms with Gasteiger partial charge in [-0.3, -0.25) is 4.79 Å². The zero-order valence-electron chi connectivity index (χ0n) is 11.5. The standard InChI is InChI=1S/C16H20N2O2/c19-16-9-5-4-8-13(17-16)10-14-11-15(18-20-14)12-6-2-1-3-7-12/h1-3,6-7,13-14H,4-5,8-11H2,(H,17,19). The van der Waals surface area contributed by atoms with E-state index in [-0.39, 0.29) is 18.1 Å². The number of hydrogen-bond acceptors (Lipinski definition) is 3. The third-order valence-corrected chi connectivity index (χ3v) is 3.96. The van der Waals surface area contributed by atoms with Crippen LogP contribution in [0.2, 0.25) is 0 Å². The summed E-state index contributed by atoms with van der Waals surface area (Å²) in [7, 11) is 0. The molecule has 3 rings (SSSR count). The maximum atomic E-state index is 11.6. The molecule has 1 amide bonds. The van der Waals surface area contributed by atoms with Crippen molar-refractivity contribution in [3.8, 4) is 0 Å². The van der Waals surface area contributed by atoms with Gasteiger partial charge in [-0.1, -0.05) is 41.9 Å². The van der Waals surface area contributed by atoms with Crippen molar-refractivity contribution in [3.05, 3.63) is 35.9 Å². The van der Waals surface area contributed by atoms with Crippen molar-refractivity contribution in [1.29, 1.82) is 0 Å². The molecule has 2 aliphatic rings. The van der Waals surface area contributed by atoms with Crippen LogP contribution >= 0.6 is 0 Å². The van der Waals surface area contributed by atoms with E-state index in [9.17, 15) is 4.79 Å². The van der Waals surface area contributed by atoms with E-state index in [0.29, 0.717) is 6.42 Å². The Labute approximate surface area is 119 Å². The summed E-state index contributed by atoms with van der Waals surface area (Å²) in [6, 6.07) is 10.4. The lowest BCUT2D eigenvalue weighted by Gasteiger charge is -2.18. The molecule has 2 atom stereocenters. The van der Waals surface area contributed by atoms with E-state index >= 15 is 0 Å². The van der Waals surface area contributed by atoms with Crippen LogP contribution in [0.3, 0.4) is 0 Å². The van der Waals surface area contributed by atoms with Gasteiger partial charge in [-0.05, 0) is 18.4 Å². The molecule has 0 radical (unpaired) electrons. The minimum Gasteiger partial charge on any atom is -0.392 e. The Kier molecular flexibility index (Phi) is 4.00. The summed E-state index contributed by atoms with van der Waals surface area (Å²) in [6.07, 6.45) is 5.60. The summed E-state index contributed by atoms with van der Waals surface area (Å²) in [6.45, 7) is 0. The van der Waals surface area contributed by atoms with Crippen LogP contribution in [0.1, 0.15) is 44.1 Å². The molecule has 0 aromatic heterocycles. The summed E-state index contributed by atoms with van der Waals surface area (Å²) < 4.78 is 0. The minimum absolute atomic E-state index is 0.0913. The topological polar surface area (TPSA) is 50.7 Å². The van der Waals surface area contributed by atoms with Gasteiger partial charge in [0.2, 0.25) is 5.91 Å². The third kappa shape index (κ3) is 3.18. The summed E-state index contributed by atoms with van der Waals surface area (Å²) in [4.78, 5) is 17.1. The molecule has 2 unspecified atom stereocenters. The number of carbonyl (C=O) groups is 1. The van der Waals surface area contributed by atoms with E-state index < -0.39 is 0 Å². The van der Waals surface area contributed by atoms with Crippen molar-refractivity contribution >= 4 is 11.6 Å². The van der Waals surface area contributed by atoms with Crippen molar-refractivity contribution < 1.29 is 9.63 Å². The fraction of sp³-hybridized carbons (Fsp3) is 0.500. The molecule has 2 aliphatic heterocycles. The average molecular weight is 272 g/mol. The highest BCUT2D eigenvalue weighted by Crippen LogP contribution is 2.22. The molecule has 0 spiro atoms. The fourth-order valence-electron chi connectivity index (χ4n) is 2.90. The van der Waals surface area contributed by atoms with Gasteiger partial charge in [0, 0.05) is 25.3 Å². The fourth-order valence-corrected chi connectivity index (χ4v) is 2.90. The Morgan fingerprint density at radius 3 is 2.95 bits per heavy atom. The molecule has 1 saturated heterocycles. The second-order valence-electron chi connectivity index (χ2n) is 5.58. The van der Waals surface area contributed by atoms with E-state index in [1.165, 1.54) is 0 Å². The van der Waals surface area contributed by atoms with Crippen LogP contribution in [0.4, 0.5) is 0 Å². The predicted molar refractivity (Wildman–Crippen MR) is 77.5 cm³/mol. The quantitative estimate of drug-likeness (QED) is 0.919. The number of nitrogens with one attached hydrogen (secondary N) is 1. The van der Waals surface area contributed by atoms with E-state index in [1.54, 1.807) is 0 Å². The predicted octanol–water partition coefficient (Wildman–Crippen LogP) is 2.63. The van der Waals surface area contributed by atoms with Gasteiger partial charge >= 0.3 is 0 Å². The molecule has 2 heterocycles. The maximum absolute atomic E-state index is 11.6. The Morgan fingerprint density at radius 1 is 1.25 bits per heavy atom. The van der Waals surface area contributed by atoms with Crippen LogP contribution in [-0.4, -0.2) is 23.8 Å². The van der Waals surface area contributed by atoms with Gasteiger partial charge in [0.15, 0.2) is 0 Å². The van der Waals surface area contributed by atoms with Crippen molar-refractivity contribution in [3.63, 3.8) is 0 Å². The Balaban J connectivity index is 1.55. The highest BCUT2D eigenvalue weighted by molar-refractivity contribution is 6.01. The molecule has 0 aliphatic carbocycles. The summed E-state index contributed by atoms with van der Waals surface area (Å²) in [5, 5.41) is 7.29. The molecule has 4 nitrogen and oxygen atoms in total. The molecule has 1 N–H and O–H groups in total. The highest BCUT2D eigenvalue weighted by Gasteiger charge is 2.27. The Bertz CT molecular complexity index is 498. The number of carbonyl (C=O) groups excluding carboxylic acids is 1. The maximum Gasteiger partial charge on any atom is 0.220 e. The van der Waals surface area contributed by atoms with Gasteiger partial charge < -0.3 is 10.2 Å². The van der Waals surface area contributed by atoms with E-state index in [2.05, 4.69) is 22.6 Å². The lowest BCUT2D eigenvalue weighted by atomic mass is 9.98. The molecule has 20 heavy (non-hydrogen) atoms. The van der Waals surface area contributed by atoms with Crippen LogP contribution in [-0.2, 0) is 9.63 Å². The molecular formula is C16H20N2O2. The minimum atomic E-state index is 0.0913. The van der Waals surface area contributed by atoms with Crippen LogP contribution in [0, 0.1) is 0 Å². The number of rotatable bonds is 3. The molecule has 0 saturated carbocycles. The molecule has 1 aromatic carbocycles. The number of benzene rings is 1. The smallest absolute Gasteiger partial charge is 0.220 e. The van der Waals surface area contributed by atoms with Gasteiger partial charge in [-0.2, -0.15) is 0 Å². The molecule has 1 fully saturated rings. The monoisotopic (exact) mass is 272 g/mol. The van der Waals surface area contributed by atoms with Crippen molar-refractivity contribution in [2.45, 2.75) is 50.7 Å². The van der Waals surface area contributed by atoms with Gasteiger partial charge in [0.1, 0.15) is 6.10 Å². The summed E-state index contributed by atoms with van der Waals surface area (Å²) in [5.41, 5.74) is 2.13. The molecule has 1 aromatic rings. The van der Waals surface area contributed by atoms with Crippen LogP contribution in [0.15, 0.2) is 35.5 Å². The number of hydrogen-bond donors (Lipinski definition) is 1. The SMILES string of the molecule is O=C1CCCCC(CC2CC(c3ccccc3)=NO2)N1. The molecule has 4 heteroatoms. The molecule has 106 valence electrons. The van der Waals surface area contributed by atoms with Gasteiger partial charge in [0.25, 0.3) is 0 Å². The van der Waals surface area contributed by atoms with E-state index in [0.717, 1.165) is 43.4 Å². The largest absolute Gasteiger partial charge is 0.392 e. The first-order valence-corrected chi connectivity index (χ1v) is 7.39. The van der Waals surface area contributed by atoms with Gasteiger partial charge in [-0.15, -0.1) is 0 Å². The first kappa shape index (κ1) is 13.2. The normalized spacial score (nSPS) is 26.4. The van der Waals surface area contributed by atoms with Gasteiger partial charge in [-0.25, -0.2) is 0 Å². The van der Waals surface area contributed by atoms with Crippen LogP contribution in [0.5, 0.6) is 0 Å². The third-order valence-electron chi connectivity index (χ3n) is 3.96. The molecular weight excluding hydrogens is 252 g/mol. The number of nitrogens with zero attached hydrogens (tertiary/aromatic N) is 1. The lowest BCUT2D eigenvalue weighted by molar-refractivity contribution is -0.121. The average Bonchev–Trinajstić information content (AvgIpc) is 2.83. The second-order valence-corrected chi connectivity index (χ2v) is 5.58. The zero-order valence-corrected chi connectivity index (χ0v) is 11.5. The zero-order chi connectivity index (χ0) is 13.8. The van der Waals surface area contributed by atoms with E-state index in [1.807, 2.05) is 18.2 Å². The van der Waals surface area contributed by atoms with Crippen LogP contribution < -0.4 is 5.32 Å². The van der Waals surface area contributed by atoms with Crippen LogP contribution in [0.25, 0.3) is 0 Å². The number of amides is 1. The van der Waals surface area contributed by atoms with E-state index in [4.69, 9.17) is 4.84 Å². The van der Waals surface area contributed by atoms with Crippen molar-refractivity contribution in [1.82, 2.24) is 5.32 Å². The highest BCUT2D eigenvalue weighted by atomic mass is 16.6. The van der Waals surface area contributed by atoms with Crippen molar-refractivity contribution in [2.24, 2.45) is 5.16 Å². The first-order chi connectivity index (χ1) is 9.81. The Morgan fingerprint density at radius 2 is 2.10 bits per heavy atom. The molecule has 0 bridgehead atoms.